The predicted octanol–water partition coefficient (Wildman–Crippen LogP) is 3.80. The van der Waals surface area contributed by atoms with Crippen LogP contribution in [0.5, 0.6) is 5.75 Å². The molecule has 6 nitrogen and oxygen atoms in total. The van der Waals surface area contributed by atoms with Crippen molar-refractivity contribution in [1.29, 1.82) is 0 Å². The molecule has 1 aliphatic rings. The van der Waals surface area contributed by atoms with E-state index in [0.717, 1.165) is 30.6 Å². The van der Waals surface area contributed by atoms with Crippen LogP contribution in [-0.2, 0) is 16.6 Å². The number of methoxy groups -OCH3 is 1. The molecule has 0 radical (unpaired) electrons. The molecular formula is C21H25ClN2O4S. The molecule has 156 valence electrons. The summed E-state index contributed by atoms with van der Waals surface area (Å²) in [7, 11) is -0.381. The van der Waals surface area contributed by atoms with E-state index in [2.05, 4.69) is 0 Å². The fourth-order valence-electron chi connectivity index (χ4n) is 3.37. The van der Waals surface area contributed by atoms with E-state index in [1.54, 1.807) is 14.2 Å². The van der Waals surface area contributed by atoms with E-state index in [0.29, 0.717) is 19.6 Å². The van der Waals surface area contributed by atoms with Crippen molar-refractivity contribution in [2.75, 3.05) is 27.2 Å². The van der Waals surface area contributed by atoms with Crippen LogP contribution in [0, 0.1) is 0 Å². The zero-order valence-electron chi connectivity index (χ0n) is 16.6. The highest BCUT2D eigenvalue weighted by molar-refractivity contribution is 7.89. The van der Waals surface area contributed by atoms with E-state index in [9.17, 15) is 13.2 Å². The highest BCUT2D eigenvalue weighted by atomic mass is 35.5. The van der Waals surface area contributed by atoms with Crippen molar-refractivity contribution < 1.29 is 17.9 Å². The highest BCUT2D eigenvalue weighted by Gasteiger charge is 2.27. The van der Waals surface area contributed by atoms with Gasteiger partial charge in [0.2, 0.25) is 10.0 Å². The Bertz CT molecular complexity index is 971. The number of hydrogen-bond donors (Lipinski definition) is 0. The maximum absolute atomic E-state index is 13.0. The number of ether oxygens (including phenoxy) is 1. The number of halogens is 1. The first-order valence-corrected chi connectivity index (χ1v) is 11.3. The van der Waals surface area contributed by atoms with Crippen molar-refractivity contribution in [2.45, 2.75) is 30.7 Å². The standard InChI is InChI=1S/C21H25ClN2O4S/c1-23(15-16-6-8-17(28-2)9-7-16)21(25)19-14-18(10-11-20(19)22)29(26,27)24-12-4-3-5-13-24/h6-11,14H,3-5,12-13,15H2,1-2H3. The molecule has 1 aliphatic heterocycles. The van der Waals surface area contributed by atoms with Crippen LogP contribution < -0.4 is 4.74 Å². The summed E-state index contributed by atoms with van der Waals surface area (Å²) in [5, 5.41) is 0.231. The molecule has 29 heavy (non-hydrogen) atoms. The highest BCUT2D eigenvalue weighted by Crippen LogP contribution is 2.26. The average Bonchev–Trinajstić information content (AvgIpc) is 2.74. The molecule has 1 amide bonds. The molecule has 1 heterocycles. The summed E-state index contributed by atoms with van der Waals surface area (Å²) >= 11 is 6.24. The summed E-state index contributed by atoms with van der Waals surface area (Å²) in [5.41, 5.74) is 1.11. The van der Waals surface area contributed by atoms with Crippen molar-refractivity contribution in [3.63, 3.8) is 0 Å². The number of piperidine rings is 1. The summed E-state index contributed by atoms with van der Waals surface area (Å²) < 4.78 is 32.5. The SMILES string of the molecule is COc1ccc(CN(C)C(=O)c2cc(S(=O)(=O)N3CCCCC3)ccc2Cl)cc1. The van der Waals surface area contributed by atoms with Gasteiger partial charge in [-0.1, -0.05) is 30.2 Å². The number of benzene rings is 2. The molecular weight excluding hydrogens is 412 g/mol. The van der Waals surface area contributed by atoms with Gasteiger partial charge in [-0.15, -0.1) is 0 Å². The lowest BCUT2D eigenvalue weighted by molar-refractivity contribution is 0.0785. The van der Waals surface area contributed by atoms with Crippen LogP contribution in [-0.4, -0.2) is 50.8 Å². The van der Waals surface area contributed by atoms with E-state index in [1.807, 2.05) is 24.3 Å². The zero-order chi connectivity index (χ0) is 21.0. The average molecular weight is 437 g/mol. The molecule has 2 aromatic rings. The lowest BCUT2D eigenvalue weighted by atomic mass is 10.1. The molecule has 0 unspecified atom stereocenters. The molecule has 2 aromatic carbocycles. The van der Waals surface area contributed by atoms with Crippen LogP contribution in [0.25, 0.3) is 0 Å². The van der Waals surface area contributed by atoms with Gasteiger partial charge in [0.25, 0.3) is 5.91 Å². The predicted molar refractivity (Wildman–Crippen MR) is 113 cm³/mol. The quantitative estimate of drug-likeness (QED) is 0.690. The molecule has 0 N–H and O–H groups in total. The number of nitrogens with zero attached hydrogens (tertiary/aromatic N) is 2. The van der Waals surface area contributed by atoms with E-state index in [-0.39, 0.29) is 21.4 Å². The summed E-state index contributed by atoms with van der Waals surface area (Å²) in [6, 6.07) is 11.7. The Morgan fingerprint density at radius 2 is 1.76 bits per heavy atom. The molecule has 0 aliphatic carbocycles. The molecule has 1 saturated heterocycles. The number of carbonyl (C=O) groups is 1. The third kappa shape index (κ3) is 4.91. The van der Waals surface area contributed by atoms with Gasteiger partial charge >= 0.3 is 0 Å². The third-order valence-electron chi connectivity index (χ3n) is 5.05. The maximum Gasteiger partial charge on any atom is 0.255 e. The molecule has 0 spiro atoms. The van der Waals surface area contributed by atoms with Gasteiger partial charge in [0.1, 0.15) is 5.75 Å². The van der Waals surface area contributed by atoms with Crippen LogP contribution in [0.15, 0.2) is 47.4 Å². The topological polar surface area (TPSA) is 66.9 Å². The number of amides is 1. The van der Waals surface area contributed by atoms with Crippen molar-refractivity contribution in [3.8, 4) is 5.75 Å². The minimum Gasteiger partial charge on any atom is -0.497 e. The molecule has 8 heteroatoms. The number of rotatable bonds is 6. The van der Waals surface area contributed by atoms with Crippen molar-refractivity contribution in [2.24, 2.45) is 0 Å². The Hall–Kier alpha value is -2.09. The summed E-state index contributed by atoms with van der Waals surface area (Å²) in [6.07, 6.45) is 2.74. The van der Waals surface area contributed by atoms with Crippen molar-refractivity contribution >= 4 is 27.5 Å². The van der Waals surface area contributed by atoms with Crippen molar-refractivity contribution in [3.05, 3.63) is 58.6 Å². The Kier molecular flexibility index (Phi) is 6.82. The Balaban J connectivity index is 1.81. The lowest BCUT2D eigenvalue weighted by Crippen LogP contribution is -2.35. The monoisotopic (exact) mass is 436 g/mol. The fraction of sp³-hybridized carbons (Fsp3) is 0.381. The van der Waals surface area contributed by atoms with Gasteiger partial charge in [0.15, 0.2) is 0 Å². The van der Waals surface area contributed by atoms with Crippen molar-refractivity contribution in [1.82, 2.24) is 9.21 Å². The van der Waals surface area contributed by atoms with Crippen LogP contribution >= 0.6 is 11.6 Å². The fourth-order valence-corrected chi connectivity index (χ4v) is 5.11. The van der Waals surface area contributed by atoms with Crippen LogP contribution in [0.2, 0.25) is 5.02 Å². The van der Waals surface area contributed by atoms with Crippen LogP contribution in [0.1, 0.15) is 35.2 Å². The van der Waals surface area contributed by atoms with Gasteiger partial charge in [0, 0.05) is 26.7 Å². The molecule has 0 aromatic heterocycles. The first-order valence-electron chi connectivity index (χ1n) is 9.51. The van der Waals surface area contributed by atoms with E-state index >= 15 is 0 Å². The van der Waals surface area contributed by atoms with E-state index < -0.39 is 10.0 Å². The third-order valence-corrected chi connectivity index (χ3v) is 7.27. The molecule has 1 fully saturated rings. The van der Waals surface area contributed by atoms with Gasteiger partial charge in [-0.3, -0.25) is 4.79 Å². The molecule has 0 bridgehead atoms. The smallest absolute Gasteiger partial charge is 0.255 e. The van der Waals surface area contributed by atoms with Crippen LogP contribution in [0.3, 0.4) is 0 Å². The molecule has 0 saturated carbocycles. The van der Waals surface area contributed by atoms with Gasteiger partial charge < -0.3 is 9.64 Å². The second-order valence-electron chi connectivity index (χ2n) is 7.12. The molecule has 0 atom stereocenters. The maximum atomic E-state index is 13.0. The van der Waals surface area contributed by atoms with Gasteiger partial charge in [-0.25, -0.2) is 8.42 Å². The second-order valence-corrected chi connectivity index (χ2v) is 9.46. The summed E-state index contributed by atoms with van der Waals surface area (Å²) in [4.78, 5) is 14.6. The van der Waals surface area contributed by atoms with Gasteiger partial charge in [-0.2, -0.15) is 4.31 Å². The largest absolute Gasteiger partial charge is 0.497 e. The van der Waals surface area contributed by atoms with E-state index in [4.69, 9.17) is 16.3 Å². The number of sulfonamides is 1. The Morgan fingerprint density at radius 1 is 1.10 bits per heavy atom. The van der Waals surface area contributed by atoms with Crippen LogP contribution in [0.4, 0.5) is 0 Å². The first-order chi connectivity index (χ1) is 13.8. The Morgan fingerprint density at radius 3 is 2.38 bits per heavy atom. The number of hydrogen-bond acceptors (Lipinski definition) is 4. The van der Waals surface area contributed by atoms with E-state index in [1.165, 1.54) is 27.4 Å². The lowest BCUT2D eigenvalue weighted by Gasteiger charge is -2.26. The normalized spacial score (nSPS) is 15.1. The first kappa shape index (κ1) is 21.6. The minimum absolute atomic E-state index is 0.102. The Labute approximate surface area is 177 Å². The van der Waals surface area contributed by atoms with Gasteiger partial charge in [-0.05, 0) is 48.7 Å². The number of carbonyl (C=O) groups excluding carboxylic acids is 1. The minimum atomic E-state index is -3.64. The molecule has 3 rings (SSSR count). The second kappa shape index (κ2) is 9.15. The van der Waals surface area contributed by atoms with Gasteiger partial charge in [0.05, 0.1) is 22.6 Å². The summed E-state index contributed by atoms with van der Waals surface area (Å²) in [5.74, 6) is 0.405. The zero-order valence-corrected chi connectivity index (χ0v) is 18.2. The summed E-state index contributed by atoms with van der Waals surface area (Å²) in [6.45, 7) is 1.37.